The van der Waals surface area contributed by atoms with E-state index in [0.717, 1.165) is 37.7 Å². The van der Waals surface area contributed by atoms with Gasteiger partial charge in [-0.2, -0.15) is 0 Å². The quantitative estimate of drug-likeness (QED) is 0.717. The SMILES string of the molecule is C[C@]12C=CC(=O)C=C1CC[C@@H]1[C@@H]2[C@@H](O)C[C@@]2(C)[C@H]1C[C@H]1OC(C3CC3)O[C@]12C(=O)CO. The predicted octanol–water partition coefficient (Wildman–Crippen LogP) is 2.33. The number of aliphatic hydroxyl groups excluding tert-OH is 2. The van der Waals surface area contributed by atoms with Crippen molar-refractivity contribution in [2.24, 2.45) is 34.5 Å². The first-order valence-corrected chi connectivity index (χ1v) is 11.8. The maximum absolute atomic E-state index is 13.3. The summed E-state index contributed by atoms with van der Waals surface area (Å²) in [6, 6.07) is 0. The fourth-order valence-corrected chi connectivity index (χ4v) is 8.29. The lowest BCUT2D eigenvalue weighted by Gasteiger charge is -2.59. The van der Waals surface area contributed by atoms with E-state index in [0.29, 0.717) is 12.3 Å². The number of fused-ring (bicyclic) bond motifs is 7. The van der Waals surface area contributed by atoms with Crippen molar-refractivity contribution >= 4 is 11.6 Å². The van der Waals surface area contributed by atoms with Crippen molar-refractivity contribution in [1.82, 2.24) is 0 Å². The summed E-state index contributed by atoms with van der Waals surface area (Å²) in [6.07, 6.45) is 8.98. The molecule has 4 saturated carbocycles. The minimum atomic E-state index is -1.18. The van der Waals surface area contributed by atoms with Crippen LogP contribution in [0.3, 0.4) is 0 Å². The Labute approximate surface area is 182 Å². The van der Waals surface area contributed by atoms with Crippen LogP contribution in [0.15, 0.2) is 23.8 Å². The average Bonchev–Trinajstić information content (AvgIpc) is 3.46. The van der Waals surface area contributed by atoms with E-state index >= 15 is 0 Å². The summed E-state index contributed by atoms with van der Waals surface area (Å²) in [6.45, 7) is 3.65. The van der Waals surface area contributed by atoms with Crippen LogP contribution in [0.4, 0.5) is 0 Å². The summed E-state index contributed by atoms with van der Waals surface area (Å²) in [5.74, 6) is 0.414. The Balaban J connectivity index is 1.41. The number of Topliss-reactive ketones (excluding diaryl/α,β-unsaturated/α-hetero) is 1. The summed E-state index contributed by atoms with van der Waals surface area (Å²) in [7, 11) is 0. The zero-order chi connectivity index (χ0) is 21.8. The molecule has 0 bridgehead atoms. The first-order valence-electron chi connectivity index (χ1n) is 11.8. The van der Waals surface area contributed by atoms with Crippen LogP contribution >= 0.6 is 0 Å². The van der Waals surface area contributed by atoms with Gasteiger partial charge in [-0.1, -0.05) is 25.5 Å². The molecule has 5 aliphatic carbocycles. The van der Waals surface area contributed by atoms with E-state index in [2.05, 4.69) is 13.8 Å². The summed E-state index contributed by atoms with van der Waals surface area (Å²) in [4.78, 5) is 25.3. The number of ether oxygens (including phenoxy) is 2. The van der Waals surface area contributed by atoms with E-state index in [-0.39, 0.29) is 47.1 Å². The molecule has 168 valence electrons. The molecule has 0 radical (unpaired) electrons. The molecule has 9 atom stereocenters. The first-order chi connectivity index (χ1) is 14.7. The zero-order valence-electron chi connectivity index (χ0n) is 18.3. The number of aliphatic hydroxyl groups is 2. The van der Waals surface area contributed by atoms with Crippen LogP contribution < -0.4 is 0 Å². The lowest BCUT2D eigenvalue weighted by atomic mass is 9.46. The van der Waals surface area contributed by atoms with Crippen LogP contribution in [-0.2, 0) is 19.1 Å². The van der Waals surface area contributed by atoms with Gasteiger partial charge in [0.2, 0.25) is 0 Å². The highest BCUT2D eigenvalue weighted by Gasteiger charge is 2.76. The third kappa shape index (κ3) is 2.42. The molecule has 1 aliphatic heterocycles. The molecule has 0 aromatic carbocycles. The molecule has 1 saturated heterocycles. The smallest absolute Gasteiger partial charge is 0.193 e. The zero-order valence-corrected chi connectivity index (χ0v) is 18.3. The second kappa shape index (κ2) is 6.37. The van der Waals surface area contributed by atoms with Gasteiger partial charge in [-0.05, 0) is 62.5 Å². The van der Waals surface area contributed by atoms with Gasteiger partial charge >= 0.3 is 0 Å². The van der Waals surface area contributed by atoms with E-state index in [9.17, 15) is 19.8 Å². The van der Waals surface area contributed by atoms with Gasteiger partial charge in [-0.3, -0.25) is 9.59 Å². The first kappa shape index (κ1) is 20.3. The molecule has 6 nitrogen and oxygen atoms in total. The van der Waals surface area contributed by atoms with Gasteiger partial charge in [0.15, 0.2) is 23.5 Å². The van der Waals surface area contributed by atoms with Gasteiger partial charge < -0.3 is 19.7 Å². The van der Waals surface area contributed by atoms with Crippen LogP contribution in [-0.4, -0.2) is 52.5 Å². The van der Waals surface area contributed by atoms with Crippen LogP contribution in [0.1, 0.15) is 52.4 Å². The Hall–Kier alpha value is -1.34. The second-order valence-corrected chi connectivity index (χ2v) is 11.2. The van der Waals surface area contributed by atoms with Gasteiger partial charge in [0.25, 0.3) is 0 Å². The van der Waals surface area contributed by atoms with Crippen molar-refractivity contribution in [3.63, 3.8) is 0 Å². The predicted molar refractivity (Wildman–Crippen MR) is 111 cm³/mol. The Morgan fingerprint density at radius 2 is 2.03 bits per heavy atom. The molecule has 6 aliphatic rings. The average molecular weight is 429 g/mol. The molecule has 0 aromatic rings. The lowest BCUT2D eigenvalue weighted by Crippen LogP contribution is -2.63. The molecule has 5 fully saturated rings. The number of hydrogen-bond donors (Lipinski definition) is 2. The van der Waals surface area contributed by atoms with Crippen molar-refractivity contribution in [2.45, 2.75) is 76.5 Å². The third-order valence-electron chi connectivity index (χ3n) is 9.82. The molecule has 1 unspecified atom stereocenters. The molecular weight excluding hydrogens is 396 g/mol. The van der Waals surface area contributed by atoms with E-state index in [1.165, 1.54) is 0 Å². The monoisotopic (exact) mass is 428 g/mol. The molecule has 1 heterocycles. The van der Waals surface area contributed by atoms with Crippen LogP contribution in [0.5, 0.6) is 0 Å². The van der Waals surface area contributed by atoms with E-state index in [1.54, 1.807) is 12.2 Å². The highest BCUT2D eigenvalue weighted by atomic mass is 16.7. The number of ketones is 2. The van der Waals surface area contributed by atoms with Crippen molar-refractivity contribution < 1.29 is 29.3 Å². The molecule has 6 rings (SSSR count). The molecule has 0 spiro atoms. The summed E-state index contributed by atoms with van der Waals surface area (Å²) in [5, 5.41) is 21.5. The number of hydrogen-bond acceptors (Lipinski definition) is 6. The van der Waals surface area contributed by atoms with Crippen molar-refractivity contribution in [1.29, 1.82) is 0 Å². The number of rotatable bonds is 3. The van der Waals surface area contributed by atoms with Gasteiger partial charge in [0, 0.05) is 22.7 Å². The fraction of sp³-hybridized carbons (Fsp3) is 0.760. The molecule has 2 N–H and O–H groups in total. The van der Waals surface area contributed by atoms with Crippen LogP contribution in [0, 0.1) is 34.5 Å². The molecule has 6 heteroatoms. The maximum Gasteiger partial charge on any atom is 0.193 e. The Morgan fingerprint density at radius 1 is 1.26 bits per heavy atom. The summed E-state index contributed by atoms with van der Waals surface area (Å²) >= 11 is 0. The molecule has 0 aromatic heterocycles. The summed E-state index contributed by atoms with van der Waals surface area (Å²) in [5.41, 5.74) is -1.000. The molecular formula is C25H32O6. The number of carbonyl (C=O) groups is 2. The van der Waals surface area contributed by atoms with Crippen molar-refractivity contribution in [3.8, 4) is 0 Å². The van der Waals surface area contributed by atoms with E-state index in [1.807, 2.05) is 6.08 Å². The summed E-state index contributed by atoms with van der Waals surface area (Å²) < 4.78 is 12.8. The molecule has 0 amide bonds. The molecule has 31 heavy (non-hydrogen) atoms. The highest BCUT2D eigenvalue weighted by Crippen LogP contribution is 2.70. The topological polar surface area (TPSA) is 93.1 Å². The van der Waals surface area contributed by atoms with Crippen molar-refractivity contribution in [3.05, 3.63) is 23.8 Å². The van der Waals surface area contributed by atoms with Crippen molar-refractivity contribution in [2.75, 3.05) is 6.61 Å². The fourth-order valence-electron chi connectivity index (χ4n) is 8.29. The van der Waals surface area contributed by atoms with Gasteiger partial charge in [0.05, 0.1) is 12.2 Å². The van der Waals surface area contributed by atoms with Gasteiger partial charge in [0.1, 0.15) is 6.61 Å². The standard InChI is InChI=1S/C25H32O6/c1-23-8-7-15(27)9-14(23)5-6-16-17-10-20-25(19(29)12-26,31-22(30-20)13-3-4-13)24(17,2)11-18(28)21(16)23/h7-9,13,16-18,20-22,26,28H,3-6,10-12H2,1-2H3/t16-,17-,18-,20+,21+,22?,23-,24-,25+/m0/s1. The Bertz CT molecular complexity index is 904. The number of carbonyl (C=O) groups excluding carboxylic acids is 2. The van der Waals surface area contributed by atoms with E-state index in [4.69, 9.17) is 9.47 Å². The minimum absolute atomic E-state index is 0.00532. The van der Waals surface area contributed by atoms with E-state index < -0.39 is 23.7 Å². The van der Waals surface area contributed by atoms with Gasteiger partial charge in [-0.15, -0.1) is 0 Å². The van der Waals surface area contributed by atoms with Crippen LogP contribution in [0.25, 0.3) is 0 Å². The van der Waals surface area contributed by atoms with Gasteiger partial charge in [-0.25, -0.2) is 0 Å². The third-order valence-corrected chi connectivity index (χ3v) is 9.82. The van der Waals surface area contributed by atoms with Crippen LogP contribution in [0.2, 0.25) is 0 Å². The second-order valence-electron chi connectivity index (χ2n) is 11.2. The lowest BCUT2D eigenvalue weighted by molar-refractivity contribution is -0.202. The highest BCUT2D eigenvalue weighted by molar-refractivity contribution is 6.01. The maximum atomic E-state index is 13.3. The normalized spacial score (nSPS) is 52.8. The Kier molecular flexibility index (Phi) is 4.17. The minimum Gasteiger partial charge on any atom is -0.393 e. The number of allylic oxidation sites excluding steroid dienone is 4. The largest absolute Gasteiger partial charge is 0.393 e. The Morgan fingerprint density at radius 3 is 2.74 bits per heavy atom.